The fraction of sp³-hybridized carbons (Fsp3) is 0.824. The maximum Gasteiger partial charge on any atom is 0.220 e. The zero-order valence-electron chi connectivity index (χ0n) is 14.0. The first kappa shape index (κ1) is 19.8. The average molecular weight is 297 g/mol. The lowest BCUT2D eigenvalue weighted by Crippen LogP contribution is -2.37. The minimum Gasteiger partial charge on any atom is -0.353 e. The van der Waals surface area contributed by atoms with E-state index in [1.807, 2.05) is 0 Å². The highest BCUT2D eigenvalue weighted by Gasteiger charge is 2.16. The van der Waals surface area contributed by atoms with Gasteiger partial charge in [0.05, 0.1) is 0 Å². The van der Waals surface area contributed by atoms with Crippen LogP contribution in [0, 0.1) is 5.92 Å². The number of unbranched alkanes of at least 4 members (excludes halogenated alkanes) is 2. The third kappa shape index (κ3) is 12.3. The second-order valence-electron chi connectivity index (χ2n) is 6.22. The van der Waals surface area contributed by atoms with Gasteiger partial charge in [-0.15, -0.1) is 0 Å². The summed E-state index contributed by atoms with van der Waals surface area (Å²) in [5.41, 5.74) is 0. The first-order chi connectivity index (χ1) is 9.85. The van der Waals surface area contributed by atoms with Gasteiger partial charge in [-0.05, 0) is 26.2 Å². The molecule has 122 valence electrons. The quantitative estimate of drug-likeness (QED) is 0.561. The van der Waals surface area contributed by atoms with Crippen LogP contribution in [0.1, 0.15) is 79.1 Å². The molecule has 0 radical (unpaired) electrons. The number of hydrogen-bond donors (Lipinski definition) is 1. The van der Waals surface area contributed by atoms with Gasteiger partial charge in [-0.3, -0.25) is 9.59 Å². The molecule has 2 atom stereocenters. The summed E-state index contributed by atoms with van der Waals surface area (Å²) in [6.45, 7) is 7.30. The molecule has 0 saturated carbocycles. The van der Waals surface area contributed by atoms with E-state index in [1.165, 1.54) is 26.7 Å². The highest BCUT2D eigenvalue weighted by molar-refractivity contribution is 5.80. The molecule has 0 aromatic heterocycles. The van der Waals surface area contributed by atoms with Crippen LogP contribution in [-0.4, -0.2) is 23.5 Å². The van der Waals surface area contributed by atoms with Gasteiger partial charge < -0.3 is 10.1 Å². The Morgan fingerprint density at radius 3 is 2.14 bits per heavy atom. The normalized spacial score (nSPS) is 13.5. The minimum atomic E-state index is -0.207. The fourth-order valence-corrected chi connectivity index (χ4v) is 2.40. The number of rotatable bonds is 12. The first-order valence-corrected chi connectivity index (χ1v) is 8.13. The van der Waals surface area contributed by atoms with Crippen molar-refractivity contribution in [1.29, 1.82) is 0 Å². The van der Waals surface area contributed by atoms with Crippen molar-refractivity contribution >= 4 is 17.5 Å². The smallest absolute Gasteiger partial charge is 0.220 e. The molecule has 4 heteroatoms. The van der Waals surface area contributed by atoms with Gasteiger partial charge >= 0.3 is 0 Å². The Labute approximate surface area is 129 Å². The molecule has 21 heavy (non-hydrogen) atoms. The summed E-state index contributed by atoms with van der Waals surface area (Å²) in [7, 11) is 0. The van der Waals surface area contributed by atoms with Gasteiger partial charge in [-0.25, -0.2) is 0 Å². The van der Waals surface area contributed by atoms with Crippen LogP contribution in [0.4, 0.5) is 0 Å². The van der Waals surface area contributed by atoms with E-state index >= 15 is 0 Å². The molecule has 1 N–H and O–H groups in total. The highest BCUT2D eigenvalue weighted by Crippen LogP contribution is 2.13. The lowest BCUT2D eigenvalue weighted by atomic mass is 9.98. The van der Waals surface area contributed by atoms with Gasteiger partial charge in [-0.2, -0.15) is 0 Å². The first-order valence-electron chi connectivity index (χ1n) is 8.13. The molecule has 2 unspecified atom stereocenters. The van der Waals surface area contributed by atoms with Gasteiger partial charge in [-0.1, -0.05) is 39.5 Å². The summed E-state index contributed by atoms with van der Waals surface area (Å²) in [6, 6.07) is -0.207. The maximum absolute atomic E-state index is 12.0. The Morgan fingerprint density at radius 2 is 1.62 bits per heavy atom. The molecule has 1 amide bonds. The Bertz CT molecular complexity index is 339. The lowest BCUT2D eigenvalue weighted by molar-refractivity contribution is -0.124. The minimum absolute atomic E-state index is 0.00574. The van der Waals surface area contributed by atoms with Crippen molar-refractivity contribution in [3.05, 3.63) is 0 Å². The summed E-state index contributed by atoms with van der Waals surface area (Å²) in [4.78, 5) is 34.3. The molecular weight excluding hydrogens is 266 g/mol. The van der Waals surface area contributed by atoms with E-state index in [-0.39, 0.29) is 23.5 Å². The van der Waals surface area contributed by atoms with Crippen LogP contribution in [0.5, 0.6) is 0 Å². The van der Waals surface area contributed by atoms with Crippen LogP contribution < -0.4 is 5.32 Å². The number of carbonyl (C=O) groups is 3. The molecule has 0 rings (SSSR count). The van der Waals surface area contributed by atoms with E-state index in [9.17, 15) is 14.4 Å². The molecule has 4 nitrogen and oxygen atoms in total. The second kappa shape index (κ2) is 11.5. The van der Waals surface area contributed by atoms with Crippen molar-refractivity contribution < 1.29 is 14.4 Å². The molecule has 0 aromatic rings. The molecule has 0 aliphatic carbocycles. The van der Waals surface area contributed by atoms with Crippen molar-refractivity contribution in [3.8, 4) is 0 Å². The summed E-state index contributed by atoms with van der Waals surface area (Å²) in [6.07, 6.45) is 6.37. The lowest BCUT2D eigenvalue weighted by Gasteiger charge is -2.18. The molecule has 0 aromatic carbocycles. The molecule has 0 saturated heterocycles. The van der Waals surface area contributed by atoms with Crippen molar-refractivity contribution in [1.82, 2.24) is 5.32 Å². The number of carbonyl (C=O) groups excluding carboxylic acids is 3. The van der Waals surface area contributed by atoms with Crippen LogP contribution in [0.15, 0.2) is 0 Å². The molecule has 0 spiro atoms. The number of Topliss-reactive ketones (excluding diaryl/α,β-unsaturated/α-hetero) is 2. The van der Waals surface area contributed by atoms with Crippen LogP contribution in [-0.2, 0) is 14.4 Å². The fourth-order valence-electron chi connectivity index (χ4n) is 2.40. The molecule has 0 aliphatic rings. The number of ketones is 2. The molecular formula is C17H31NO3. The topological polar surface area (TPSA) is 63.2 Å². The number of amides is 1. The van der Waals surface area contributed by atoms with Crippen LogP contribution in [0.2, 0.25) is 0 Å². The van der Waals surface area contributed by atoms with Crippen LogP contribution in [0.3, 0.4) is 0 Å². The highest BCUT2D eigenvalue weighted by atomic mass is 16.2. The third-order valence-corrected chi connectivity index (χ3v) is 3.58. The van der Waals surface area contributed by atoms with Gasteiger partial charge in [0.15, 0.2) is 0 Å². The average Bonchev–Trinajstić information content (AvgIpc) is 2.35. The maximum atomic E-state index is 12.0. The summed E-state index contributed by atoms with van der Waals surface area (Å²) in [5.74, 6) is 0.488. The van der Waals surface area contributed by atoms with Crippen molar-refractivity contribution in [2.24, 2.45) is 5.92 Å². The standard InChI is InChI=1S/C17H31NO3/c1-5-6-7-8-13(2)11-17(21)18-16(12-15(4)20)10-9-14(3)19/h13,16H,5-12H2,1-4H3,(H,18,21). The summed E-state index contributed by atoms with van der Waals surface area (Å²) >= 11 is 0. The molecule has 0 bridgehead atoms. The van der Waals surface area contributed by atoms with Crippen LogP contribution in [0.25, 0.3) is 0 Å². The Morgan fingerprint density at radius 1 is 0.952 bits per heavy atom. The van der Waals surface area contributed by atoms with Gasteiger partial charge in [0, 0.05) is 25.3 Å². The van der Waals surface area contributed by atoms with E-state index in [1.54, 1.807) is 0 Å². The number of nitrogens with one attached hydrogen (secondary N) is 1. The predicted molar refractivity (Wildman–Crippen MR) is 85.1 cm³/mol. The zero-order valence-corrected chi connectivity index (χ0v) is 14.0. The molecule has 0 heterocycles. The second-order valence-corrected chi connectivity index (χ2v) is 6.22. The van der Waals surface area contributed by atoms with Gasteiger partial charge in [0.1, 0.15) is 11.6 Å². The third-order valence-electron chi connectivity index (χ3n) is 3.58. The Hall–Kier alpha value is -1.19. The van der Waals surface area contributed by atoms with Gasteiger partial charge in [0.25, 0.3) is 0 Å². The zero-order chi connectivity index (χ0) is 16.3. The van der Waals surface area contributed by atoms with E-state index < -0.39 is 0 Å². The van der Waals surface area contributed by atoms with Gasteiger partial charge in [0.2, 0.25) is 5.91 Å². The van der Waals surface area contributed by atoms with Crippen LogP contribution >= 0.6 is 0 Å². The number of hydrogen-bond acceptors (Lipinski definition) is 3. The summed E-state index contributed by atoms with van der Waals surface area (Å²) < 4.78 is 0. The van der Waals surface area contributed by atoms with E-state index in [2.05, 4.69) is 19.2 Å². The molecule has 0 fully saturated rings. The Balaban J connectivity index is 4.18. The SMILES string of the molecule is CCCCCC(C)CC(=O)NC(CCC(C)=O)CC(C)=O. The van der Waals surface area contributed by atoms with Crippen molar-refractivity contribution in [2.75, 3.05) is 0 Å². The summed E-state index contributed by atoms with van der Waals surface area (Å²) in [5, 5.41) is 2.91. The largest absolute Gasteiger partial charge is 0.353 e. The van der Waals surface area contributed by atoms with Crippen molar-refractivity contribution in [2.45, 2.75) is 85.1 Å². The monoisotopic (exact) mass is 297 g/mol. The molecule has 0 aliphatic heterocycles. The van der Waals surface area contributed by atoms with E-state index in [0.717, 1.165) is 12.8 Å². The predicted octanol–water partition coefficient (Wildman–Crippen LogP) is 3.43. The van der Waals surface area contributed by atoms with E-state index in [4.69, 9.17) is 0 Å². The Kier molecular flexibility index (Phi) is 10.8. The van der Waals surface area contributed by atoms with Crippen molar-refractivity contribution in [3.63, 3.8) is 0 Å². The van der Waals surface area contributed by atoms with E-state index in [0.29, 0.717) is 31.6 Å².